The van der Waals surface area contributed by atoms with Crippen molar-refractivity contribution in [1.29, 1.82) is 0 Å². The first kappa shape index (κ1) is 9.71. The second-order valence-electron chi connectivity index (χ2n) is 4.59. The van der Waals surface area contributed by atoms with Crippen molar-refractivity contribution in [2.75, 3.05) is 6.61 Å². The van der Waals surface area contributed by atoms with Gasteiger partial charge in [0.2, 0.25) is 0 Å². The number of carbonyl (C=O) groups is 1. The Morgan fingerprint density at radius 3 is 3.07 bits per heavy atom. The fourth-order valence-corrected chi connectivity index (χ4v) is 2.86. The summed E-state index contributed by atoms with van der Waals surface area (Å²) in [7, 11) is 0. The van der Waals surface area contributed by atoms with E-state index < -0.39 is 11.4 Å². The maximum atomic E-state index is 11.2. The summed E-state index contributed by atoms with van der Waals surface area (Å²) in [5.41, 5.74) is 0.680. The van der Waals surface area contributed by atoms with Crippen LogP contribution in [0, 0.1) is 11.3 Å². The fourth-order valence-electron chi connectivity index (χ4n) is 2.86. The van der Waals surface area contributed by atoms with Crippen molar-refractivity contribution < 1.29 is 15.0 Å². The van der Waals surface area contributed by atoms with Gasteiger partial charge in [0, 0.05) is 12.5 Å². The lowest BCUT2D eigenvalue weighted by Crippen LogP contribution is -2.39. The van der Waals surface area contributed by atoms with Crippen LogP contribution < -0.4 is 0 Å². The topological polar surface area (TPSA) is 57.5 Å². The van der Waals surface area contributed by atoms with Crippen molar-refractivity contribution in [3.63, 3.8) is 0 Å². The van der Waals surface area contributed by atoms with E-state index in [0.29, 0.717) is 12.8 Å². The van der Waals surface area contributed by atoms with Crippen molar-refractivity contribution >= 4 is 5.97 Å². The number of fused-ring (bicyclic) bond motifs is 2. The summed E-state index contributed by atoms with van der Waals surface area (Å²) >= 11 is 0. The first-order chi connectivity index (χ1) is 6.66. The molecule has 0 amide bonds. The molecule has 0 aliphatic heterocycles. The minimum atomic E-state index is -0.679. The zero-order valence-corrected chi connectivity index (χ0v) is 8.20. The van der Waals surface area contributed by atoms with E-state index in [-0.39, 0.29) is 12.5 Å². The number of hydrogen-bond donors (Lipinski definition) is 2. The summed E-state index contributed by atoms with van der Waals surface area (Å²) in [4.78, 5) is 11.2. The van der Waals surface area contributed by atoms with Gasteiger partial charge in [-0.2, -0.15) is 0 Å². The Morgan fingerprint density at radius 1 is 1.64 bits per heavy atom. The Labute approximate surface area is 83.4 Å². The number of carboxylic acids is 1. The molecule has 2 bridgehead atoms. The highest BCUT2D eigenvalue weighted by atomic mass is 16.4. The lowest BCUT2D eigenvalue weighted by molar-refractivity contribution is -0.151. The van der Waals surface area contributed by atoms with Crippen molar-refractivity contribution in [1.82, 2.24) is 0 Å². The van der Waals surface area contributed by atoms with Gasteiger partial charge in [-0.1, -0.05) is 11.6 Å². The summed E-state index contributed by atoms with van der Waals surface area (Å²) in [6, 6.07) is 0. The van der Waals surface area contributed by atoms with Crippen molar-refractivity contribution in [3.8, 4) is 0 Å². The molecule has 2 unspecified atom stereocenters. The zero-order chi connectivity index (χ0) is 10.2. The molecule has 1 fully saturated rings. The summed E-state index contributed by atoms with van der Waals surface area (Å²) in [6.07, 6.45) is 6.18. The van der Waals surface area contributed by atoms with Crippen LogP contribution in [0.1, 0.15) is 32.1 Å². The molecule has 78 valence electrons. The molecule has 0 aromatic rings. The van der Waals surface area contributed by atoms with Gasteiger partial charge in [0.1, 0.15) is 0 Å². The van der Waals surface area contributed by atoms with Gasteiger partial charge in [0.15, 0.2) is 0 Å². The highest BCUT2D eigenvalue weighted by Gasteiger charge is 2.44. The number of carboxylic acid groups (broad SMARTS) is 1. The number of aliphatic hydroxyl groups is 1. The third-order valence-corrected chi connectivity index (χ3v) is 3.53. The molecule has 2 rings (SSSR count). The molecule has 2 aliphatic carbocycles. The summed E-state index contributed by atoms with van der Waals surface area (Å²) in [6.45, 7) is 0.0819. The molecule has 0 aromatic carbocycles. The maximum absolute atomic E-state index is 11.2. The first-order valence-corrected chi connectivity index (χ1v) is 5.20. The minimum absolute atomic E-state index is 0.0650. The molecular formula is C11H16O3. The molecule has 2 atom stereocenters. The highest BCUT2D eigenvalue weighted by Crippen LogP contribution is 2.48. The zero-order valence-electron chi connectivity index (χ0n) is 8.20. The van der Waals surface area contributed by atoms with Gasteiger partial charge in [-0.3, -0.25) is 4.79 Å². The van der Waals surface area contributed by atoms with E-state index in [9.17, 15) is 9.90 Å². The van der Waals surface area contributed by atoms with Crippen molar-refractivity contribution in [2.45, 2.75) is 32.1 Å². The van der Waals surface area contributed by atoms with Gasteiger partial charge in [-0.25, -0.2) is 0 Å². The lowest BCUT2D eigenvalue weighted by atomic mass is 9.63. The number of allylic oxidation sites excluding steroid dienone is 1. The molecule has 0 spiro atoms. The predicted octanol–water partition coefficient (Wildman–Crippen LogP) is 1.57. The van der Waals surface area contributed by atoms with Crippen LogP contribution in [0.5, 0.6) is 0 Å². The molecule has 0 aromatic heterocycles. The molecular weight excluding hydrogens is 180 g/mol. The number of hydrogen-bond acceptors (Lipinski definition) is 2. The molecule has 3 heteroatoms. The molecule has 0 heterocycles. The third-order valence-electron chi connectivity index (χ3n) is 3.53. The maximum Gasteiger partial charge on any atom is 0.309 e. The van der Waals surface area contributed by atoms with Crippen LogP contribution in [0.25, 0.3) is 0 Å². The summed E-state index contributed by atoms with van der Waals surface area (Å²) < 4.78 is 0. The van der Waals surface area contributed by atoms with Crippen LogP contribution in [0.4, 0.5) is 0 Å². The van der Waals surface area contributed by atoms with Crippen LogP contribution in [0.3, 0.4) is 0 Å². The Kier molecular flexibility index (Phi) is 2.35. The highest BCUT2D eigenvalue weighted by molar-refractivity contribution is 5.75. The lowest BCUT2D eigenvalue weighted by Gasteiger charge is -2.40. The third kappa shape index (κ3) is 1.46. The second kappa shape index (κ2) is 3.39. The Morgan fingerprint density at radius 2 is 2.43 bits per heavy atom. The van der Waals surface area contributed by atoms with E-state index in [1.165, 1.54) is 5.57 Å². The van der Waals surface area contributed by atoms with Gasteiger partial charge in [0.05, 0.1) is 5.41 Å². The van der Waals surface area contributed by atoms with Gasteiger partial charge in [-0.15, -0.1) is 0 Å². The molecule has 0 radical (unpaired) electrons. The summed E-state index contributed by atoms with van der Waals surface area (Å²) in [5, 5.41) is 18.3. The largest absolute Gasteiger partial charge is 0.481 e. The monoisotopic (exact) mass is 196 g/mol. The Hall–Kier alpha value is -0.830. The van der Waals surface area contributed by atoms with E-state index in [0.717, 1.165) is 19.3 Å². The minimum Gasteiger partial charge on any atom is -0.481 e. The summed E-state index contributed by atoms with van der Waals surface area (Å²) in [5.74, 6) is -0.614. The standard InChI is InChI=1S/C11H16O3/c12-7-9-4-8-2-1-3-11(5-8,6-9)10(13)14/h4,9,12H,1-3,5-7H2,(H,13,14). The van der Waals surface area contributed by atoms with Gasteiger partial charge < -0.3 is 10.2 Å². The molecule has 0 saturated heterocycles. The van der Waals surface area contributed by atoms with Crippen LogP contribution in [0.2, 0.25) is 0 Å². The van der Waals surface area contributed by atoms with Crippen LogP contribution in [0.15, 0.2) is 11.6 Å². The quantitative estimate of drug-likeness (QED) is 0.659. The van der Waals surface area contributed by atoms with Crippen molar-refractivity contribution in [3.05, 3.63) is 11.6 Å². The van der Waals surface area contributed by atoms with Crippen LogP contribution in [-0.4, -0.2) is 22.8 Å². The normalized spacial score (nSPS) is 36.4. The van der Waals surface area contributed by atoms with Crippen molar-refractivity contribution in [2.24, 2.45) is 11.3 Å². The van der Waals surface area contributed by atoms with Gasteiger partial charge >= 0.3 is 5.97 Å². The first-order valence-electron chi connectivity index (χ1n) is 5.20. The average molecular weight is 196 g/mol. The number of rotatable bonds is 2. The van der Waals surface area contributed by atoms with Crippen LogP contribution in [-0.2, 0) is 4.79 Å². The van der Waals surface area contributed by atoms with Crippen LogP contribution >= 0.6 is 0 Å². The van der Waals surface area contributed by atoms with E-state index >= 15 is 0 Å². The van der Waals surface area contributed by atoms with E-state index in [4.69, 9.17) is 5.11 Å². The molecule has 14 heavy (non-hydrogen) atoms. The second-order valence-corrected chi connectivity index (χ2v) is 4.59. The fraction of sp³-hybridized carbons (Fsp3) is 0.727. The Balaban J connectivity index is 2.28. The van der Waals surface area contributed by atoms with Gasteiger partial charge in [0.25, 0.3) is 0 Å². The Bertz CT molecular complexity index is 282. The smallest absolute Gasteiger partial charge is 0.309 e. The number of aliphatic carboxylic acids is 1. The average Bonchev–Trinajstić information content (AvgIpc) is 2.17. The molecule has 3 nitrogen and oxygen atoms in total. The number of aliphatic hydroxyl groups excluding tert-OH is 1. The van der Waals surface area contributed by atoms with Gasteiger partial charge in [-0.05, 0) is 32.1 Å². The molecule has 1 saturated carbocycles. The van der Waals surface area contributed by atoms with E-state index in [1.54, 1.807) is 0 Å². The van der Waals surface area contributed by atoms with E-state index in [1.807, 2.05) is 0 Å². The predicted molar refractivity (Wildman–Crippen MR) is 51.8 cm³/mol. The molecule has 2 N–H and O–H groups in total. The SMILES string of the molecule is O=C(O)C12CCCC(=CC(CO)C1)C2. The van der Waals surface area contributed by atoms with E-state index in [2.05, 4.69) is 6.08 Å². The molecule has 2 aliphatic rings.